The molecule has 48 valence electrons. The van der Waals surface area contributed by atoms with Gasteiger partial charge in [0.25, 0.3) is 0 Å². The standard InChI is InChI=1S/C9H11.Y/c1-7-4-8(2)6-9(3)5-7;/h4-5H,1-3H3;/q-1;+3. The molecule has 0 unspecified atom stereocenters. The minimum absolute atomic E-state index is 0. The first-order chi connectivity index (χ1) is 4.18. The molecule has 0 aliphatic heterocycles. The zero-order valence-electron chi connectivity index (χ0n) is 6.73. The molecule has 0 amide bonds. The van der Waals surface area contributed by atoms with Gasteiger partial charge in [-0.25, -0.2) is 0 Å². The van der Waals surface area contributed by atoms with E-state index in [1.807, 2.05) is 0 Å². The molecule has 0 atom stereocenters. The van der Waals surface area contributed by atoms with Crippen molar-refractivity contribution in [1.82, 2.24) is 0 Å². The van der Waals surface area contributed by atoms with Crippen molar-refractivity contribution in [3.8, 4) is 0 Å². The largest absolute Gasteiger partial charge is 3.00 e. The summed E-state index contributed by atoms with van der Waals surface area (Å²) in [5.74, 6) is 0. The summed E-state index contributed by atoms with van der Waals surface area (Å²) in [6.07, 6.45) is 0. The number of rotatable bonds is 0. The van der Waals surface area contributed by atoms with Crippen LogP contribution in [0.25, 0.3) is 0 Å². The topological polar surface area (TPSA) is 0 Å². The molecule has 0 aromatic heterocycles. The normalized spacial score (nSPS) is 8.70. The summed E-state index contributed by atoms with van der Waals surface area (Å²) >= 11 is 0. The molecule has 1 heteroatoms. The third-order valence-electron chi connectivity index (χ3n) is 1.28. The molecular weight excluding hydrogens is 197 g/mol. The second-order valence-corrected chi connectivity index (χ2v) is 2.52. The first kappa shape index (κ1) is 10.3. The van der Waals surface area contributed by atoms with Gasteiger partial charge in [0.05, 0.1) is 0 Å². The van der Waals surface area contributed by atoms with E-state index in [2.05, 4.69) is 39.0 Å². The van der Waals surface area contributed by atoms with E-state index in [0.717, 1.165) is 0 Å². The smallest absolute Gasteiger partial charge is 0.177 e. The molecule has 0 N–H and O–H groups in total. The van der Waals surface area contributed by atoms with E-state index >= 15 is 0 Å². The summed E-state index contributed by atoms with van der Waals surface area (Å²) in [5, 5.41) is 0. The van der Waals surface area contributed by atoms with Gasteiger partial charge in [0.1, 0.15) is 0 Å². The van der Waals surface area contributed by atoms with Crippen LogP contribution in [0.1, 0.15) is 16.7 Å². The third kappa shape index (κ3) is 2.94. The van der Waals surface area contributed by atoms with E-state index in [0.29, 0.717) is 0 Å². The minimum atomic E-state index is 0. The maximum atomic E-state index is 3.21. The molecule has 0 radical (unpaired) electrons. The van der Waals surface area contributed by atoms with Crippen LogP contribution >= 0.6 is 0 Å². The van der Waals surface area contributed by atoms with Gasteiger partial charge in [0.2, 0.25) is 0 Å². The van der Waals surface area contributed by atoms with Crippen molar-refractivity contribution < 1.29 is 32.7 Å². The van der Waals surface area contributed by atoms with Crippen molar-refractivity contribution in [2.75, 3.05) is 0 Å². The molecule has 0 fully saturated rings. The van der Waals surface area contributed by atoms with Crippen LogP contribution in [0.4, 0.5) is 0 Å². The van der Waals surface area contributed by atoms with Gasteiger partial charge < -0.3 is 0 Å². The number of benzene rings is 1. The van der Waals surface area contributed by atoms with Crippen molar-refractivity contribution in [3.05, 3.63) is 34.9 Å². The molecule has 1 aromatic carbocycles. The van der Waals surface area contributed by atoms with E-state index in [-0.39, 0.29) is 32.7 Å². The Kier molecular flexibility index (Phi) is 4.39. The van der Waals surface area contributed by atoms with Gasteiger partial charge in [0.15, 0.2) is 0 Å². The van der Waals surface area contributed by atoms with Gasteiger partial charge >= 0.3 is 32.7 Å². The molecule has 1 rings (SSSR count). The van der Waals surface area contributed by atoms with Gasteiger partial charge in [-0.05, 0) is 0 Å². The Morgan fingerprint density at radius 2 is 1.40 bits per heavy atom. The van der Waals surface area contributed by atoms with Gasteiger partial charge in [0, 0.05) is 0 Å². The predicted molar refractivity (Wildman–Crippen MR) is 39.5 cm³/mol. The van der Waals surface area contributed by atoms with E-state index in [1.54, 1.807) is 0 Å². The molecule has 0 saturated carbocycles. The van der Waals surface area contributed by atoms with Crippen LogP contribution in [-0.4, -0.2) is 0 Å². The average Bonchev–Trinajstić information content (AvgIpc) is 1.59. The summed E-state index contributed by atoms with van der Waals surface area (Å²) in [6, 6.07) is 7.47. The fourth-order valence-corrected chi connectivity index (χ4v) is 1.11. The Hall–Kier alpha value is 0.324. The maximum absolute atomic E-state index is 3.21. The third-order valence-corrected chi connectivity index (χ3v) is 1.28. The number of hydrogen-bond acceptors (Lipinski definition) is 0. The summed E-state index contributed by atoms with van der Waals surface area (Å²) in [6.45, 7) is 6.24. The van der Waals surface area contributed by atoms with Crippen molar-refractivity contribution >= 4 is 0 Å². The molecular formula is C9H11Y+2. The average molecular weight is 208 g/mol. The van der Waals surface area contributed by atoms with Crippen LogP contribution in [0.3, 0.4) is 0 Å². The fourth-order valence-electron chi connectivity index (χ4n) is 1.11. The molecule has 0 nitrogen and oxygen atoms in total. The molecule has 10 heavy (non-hydrogen) atoms. The molecule has 0 heterocycles. The first-order valence-corrected chi connectivity index (χ1v) is 3.15. The van der Waals surface area contributed by atoms with Gasteiger partial charge in [-0.15, -0.1) is 0 Å². The van der Waals surface area contributed by atoms with Crippen molar-refractivity contribution in [1.29, 1.82) is 0 Å². The van der Waals surface area contributed by atoms with Crippen molar-refractivity contribution in [3.63, 3.8) is 0 Å². The van der Waals surface area contributed by atoms with Gasteiger partial charge in [-0.1, -0.05) is 20.8 Å². The zero-order chi connectivity index (χ0) is 6.85. The number of aryl methyl sites for hydroxylation is 3. The predicted octanol–water partition coefficient (Wildman–Crippen LogP) is 2.41. The second kappa shape index (κ2) is 4.25. The first-order valence-electron chi connectivity index (χ1n) is 3.15. The van der Waals surface area contributed by atoms with E-state index < -0.39 is 0 Å². The second-order valence-electron chi connectivity index (χ2n) is 2.52. The zero-order valence-corrected chi connectivity index (χ0v) is 9.57. The summed E-state index contributed by atoms with van der Waals surface area (Å²) in [7, 11) is 0. The number of hydrogen-bond donors (Lipinski definition) is 0. The summed E-state index contributed by atoms with van der Waals surface area (Å²) < 4.78 is 0. The van der Waals surface area contributed by atoms with Crippen LogP contribution in [0.2, 0.25) is 0 Å². The van der Waals surface area contributed by atoms with Crippen molar-refractivity contribution in [2.45, 2.75) is 20.8 Å². The Morgan fingerprint density at radius 1 is 1.00 bits per heavy atom. The van der Waals surface area contributed by atoms with Gasteiger partial charge in [-0.2, -0.15) is 34.9 Å². The molecule has 0 aliphatic carbocycles. The van der Waals surface area contributed by atoms with Gasteiger partial charge in [-0.3, -0.25) is 0 Å². The van der Waals surface area contributed by atoms with Crippen LogP contribution in [0.5, 0.6) is 0 Å². The maximum Gasteiger partial charge on any atom is 3.00 e. The monoisotopic (exact) mass is 208 g/mol. The quantitative estimate of drug-likeness (QED) is 0.574. The van der Waals surface area contributed by atoms with Crippen LogP contribution in [0.15, 0.2) is 12.1 Å². The summed E-state index contributed by atoms with van der Waals surface area (Å²) in [5.41, 5.74) is 3.78. The molecule has 0 bridgehead atoms. The molecule has 0 aliphatic rings. The Labute approximate surface area is 87.9 Å². The molecule has 1 aromatic rings. The van der Waals surface area contributed by atoms with E-state index in [1.165, 1.54) is 16.7 Å². The molecule has 0 spiro atoms. The summed E-state index contributed by atoms with van der Waals surface area (Å²) in [4.78, 5) is 0. The van der Waals surface area contributed by atoms with E-state index in [9.17, 15) is 0 Å². The fraction of sp³-hybridized carbons (Fsp3) is 0.333. The van der Waals surface area contributed by atoms with Crippen LogP contribution < -0.4 is 0 Å². The molecule has 0 saturated heterocycles. The van der Waals surface area contributed by atoms with Crippen LogP contribution in [-0.2, 0) is 32.7 Å². The van der Waals surface area contributed by atoms with Crippen LogP contribution in [0, 0.1) is 26.8 Å². The Balaban J connectivity index is 0.000000810. The Bertz CT molecular complexity index is 165. The SMILES string of the molecule is Cc1[c-]c(C)cc(C)c1.[Y+3]. The van der Waals surface area contributed by atoms with E-state index in [4.69, 9.17) is 0 Å². The Morgan fingerprint density at radius 3 is 1.70 bits per heavy atom. The minimum Gasteiger partial charge on any atom is -0.177 e. The van der Waals surface area contributed by atoms with Crippen molar-refractivity contribution in [2.24, 2.45) is 0 Å².